The highest BCUT2D eigenvalue weighted by Crippen LogP contribution is 2.34. The molecule has 1 unspecified atom stereocenters. The second-order valence-corrected chi connectivity index (χ2v) is 6.14. The molecule has 122 valence electrons. The first-order valence-corrected chi connectivity index (χ1v) is 8.38. The minimum absolute atomic E-state index is 0.148. The Hall–Kier alpha value is -2.12. The lowest BCUT2D eigenvalue weighted by Crippen LogP contribution is -2.20. The molecule has 0 spiro atoms. The SMILES string of the molecule is CCOC(=O)c1cc(NC(=O)CC2OCCc3ccsc32)c[nH]1. The van der Waals surface area contributed by atoms with Gasteiger partial charge < -0.3 is 19.8 Å². The highest BCUT2D eigenvalue weighted by molar-refractivity contribution is 7.10. The molecule has 0 bridgehead atoms. The lowest BCUT2D eigenvalue weighted by molar-refractivity contribution is -0.119. The van der Waals surface area contributed by atoms with Crippen LogP contribution < -0.4 is 5.32 Å². The van der Waals surface area contributed by atoms with Crippen molar-refractivity contribution in [2.45, 2.75) is 25.9 Å². The fourth-order valence-electron chi connectivity index (χ4n) is 2.55. The van der Waals surface area contributed by atoms with Gasteiger partial charge in [-0.05, 0) is 36.4 Å². The Kier molecular flexibility index (Phi) is 4.78. The van der Waals surface area contributed by atoms with Crippen molar-refractivity contribution in [1.29, 1.82) is 0 Å². The van der Waals surface area contributed by atoms with Crippen molar-refractivity contribution in [2.75, 3.05) is 18.5 Å². The molecule has 1 aliphatic heterocycles. The highest BCUT2D eigenvalue weighted by atomic mass is 32.1. The van der Waals surface area contributed by atoms with Crippen molar-refractivity contribution in [2.24, 2.45) is 0 Å². The van der Waals surface area contributed by atoms with E-state index < -0.39 is 5.97 Å². The number of aromatic amines is 1. The van der Waals surface area contributed by atoms with Crippen LogP contribution in [0.15, 0.2) is 23.7 Å². The number of hydrogen-bond acceptors (Lipinski definition) is 5. The van der Waals surface area contributed by atoms with Gasteiger partial charge in [-0.15, -0.1) is 11.3 Å². The van der Waals surface area contributed by atoms with Crippen LogP contribution in [0.2, 0.25) is 0 Å². The average molecular weight is 334 g/mol. The number of H-pyrrole nitrogens is 1. The predicted octanol–water partition coefficient (Wildman–Crippen LogP) is 2.90. The number of thiophene rings is 1. The molecule has 1 aliphatic rings. The van der Waals surface area contributed by atoms with Crippen LogP contribution in [0.3, 0.4) is 0 Å². The number of amides is 1. The van der Waals surface area contributed by atoms with Gasteiger partial charge in [-0.1, -0.05) is 0 Å². The van der Waals surface area contributed by atoms with Crippen molar-refractivity contribution >= 4 is 28.9 Å². The van der Waals surface area contributed by atoms with Crippen molar-refractivity contribution < 1.29 is 19.1 Å². The summed E-state index contributed by atoms with van der Waals surface area (Å²) in [5.41, 5.74) is 2.13. The third-order valence-corrected chi connectivity index (χ3v) is 4.65. The summed E-state index contributed by atoms with van der Waals surface area (Å²) in [4.78, 5) is 27.7. The third kappa shape index (κ3) is 3.62. The molecule has 0 aromatic carbocycles. The third-order valence-electron chi connectivity index (χ3n) is 3.60. The van der Waals surface area contributed by atoms with E-state index in [1.165, 1.54) is 5.56 Å². The van der Waals surface area contributed by atoms with Crippen molar-refractivity contribution in [3.05, 3.63) is 39.8 Å². The molecule has 1 amide bonds. The standard InChI is InChI=1S/C16H18N2O4S/c1-2-21-16(20)12-7-11(9-17-12)18-14(19)8-13-15-10(3-5-22-13)4-6-23-15/h4,6-7,9,13,17H,2-3,5,8H2,1H3,(H,18,19). The number of nitrogens with one attached hydrogen (secondary N) is 2. The molecule has 0 aliphatic carbocycles. The number of fused-ring (bicyclic) bond motifs is 1. The number of ether oxygens (including phenoxy) is 2. The first-order valence-electron chi connectivity index (χ1n) is 7.50. The summed E-state index contributed by atoms with van der Waals surface area (Å²) in [5, 5.41) is 4.81. The summed E-state index contributed by atoms with van der Waals surface area (Å²) in [6.45, 7) is 2.69. The van der Waals surface area contributed by atoms with Crippen LogP contribution >= 0.6 is 11.3 Å². The normalized spacial score (nSPS) is 16.7. The molecule has 2 aromatic heterocycles. The van der Waals surface area contributed by atoms with Crippen LogP contribution in [0.5, 0.6) is 0 Å². The quantitative estimate of drug-likeness (QED) is 0.824. The molecule has 7 heteroatoms. The van der Waals surface area contributed by atoms with Crippen LogP contribution in [0.4, 0.5) is 5.69 Å². The molecule has 2 N–H and O–H groups in total. The molecule has 3 rings (SSSR count). The molecular weight excluding hydrogens is 316 g/mol. The summed E-state index contributed by atoms with van der Waals surface area (Å²) in [6, 6.07) is 3.65. The first-order chi connectivity index (χ1) is 11.2. The van der Waals surface area contributed by atoms with Gasteiger partial charge in [0, 0.05) is 11.1 Å². The maximum atomic E-state index is 12.2. The predicted molar refractivity (Wildman–Crippen MR) is 86.7 cm³/mol. The Bertz CT molecular complexity index is 707. The number of esters is 1. The van der Waals surface area contributed by atoms with Crippen molar-refractivity contribution in [3.8, 4) is 0 Å². The Morgan fingerprint density at radius 3 is 3.22 bits per heavy atom. The Labute approximate surface area is 137 Å². The van der Waals surface area contributed by atoms with E-state index >= 15 is 0 Å². The van der Waals surface area contributed by atoms with Crippen LogP contribution in [-0.4, -0.2) is 30.1 Å². The van der Waals surface area contributed by atoms with Gasteiger partial charge in [0.15, 0.2) is 0 Å². The van der Waals surface area contributed by atoms with Crippen LogP contribution in [0.1, 0.15) is 40.4 Å². The number of anilines is 1. The lowest BCUT2D eigenvalue weighted by atomic mass is 10.1. The van der Waals surface area contributed by atoms with Gasteiger partial charge in [0.25, 0.3) is 0 Å². The molecule has 3 heterocycles. The Balaban J connectivity index is 1.59. The fourth-order valence-corrected chi connectivity index (χ4v) is 3.55. The summed E-state index contributed by atoms with van der Waals surface area (Å²) >= 11 is 1.62. The number of hydrogen-bond donors (Lipinski definition) is 2. The summed E-state index contributed by atoms with van der Waals surface area (Å²) in [5.74, 6) is -0.586. The maximum absolute atomic E-state index is 12.2. The molecule has 0 saturated carbocycles. The van der Waals surface area contributed by atoms with Crippen LogP contribution in [0, 0.1) is 0 Å². The highest BCUT2D eigenvalue weighted by Gasteiger charge is 2.24. The van der Waals surface area contributed by atoms with Crippen LogP contribution in [-0.2, 0) is 20.7 Å². The molecule has 2 aromatic rings. The van der Waals surface area contributed by atoms with Crippen molar-refractivity contribution in [1.82, 2.24) is 4.98 Å². The molecule has 0 saturated heterocycles. The average Bonchev–Trinajstić information content (AvgIpc) is 3.16. The Morgan fingerprint density at radius 1 is 1.52 bits per heavy atom. The summed E-state index contributed by atoms with van der Waals surface area (Å²) in [7, 11) is 0. The molecule has 0 fully saturated rings. The van der Waals surface area contributed by atoms with Gasteiger partial charge in [-0.3, -0.25) is 4.79 Å². The van der Waals surface area contributed by atoms with E-state index in [1.807, 2.05) is 5.38 Å². The van der Waals surface area contributed by atoms with Gasteiger partial charge in [-0.2, -0.15) is 0 Å². The van der Waals surface area contributed by atoms with Gasteiger partial charge >= 0.3 is 5.97 Å². The first kappa shape index (κ1) is 15.8. The van der Waals surface area contributed by atoms with Gasteiger partial charge in [0.2, 0.25) is 5.91 Å². The zero-order chi connectivity index (χ0) is 16.2. The molecular formula is C16H18N2O4S. The maximum Gasteiger partial charge on any atom is 0.354 e. The second kappa shape index (κ2) is 6.97. The monoisotopic (exact) mass is 334 g/mol. The van der Waals surface area contributed by atoms with E-state index in [1.54, 1.807) is 30.5 Å². The summed E-state index contributed by atoms with van der Waals surface area (Å²) < 4.78 is 10.6. The van der Waals surface area contributed by atoms with Gasteiger partial charge in [0.05, 0.1) is 25.3 Å². The fraction of sp³-hybridized carbons (Fsp3) is 0.375. The van der Waals surface area contributed by atoms with Gasteiger partial charge in [0.1, 0.15) is 11.8 Å². The van der Waals surface area contributed by atoms with E-state index in [9.17, 15) is 9.59 Å². The van der Waals surface area contributed by atoms with E-state index in [4.69, 9.17) is 9.47 Å². The number of rotatable bonds is 5. The topological polar surface area (TPSA) is 80.4 Å². The molecule has 1 atom stereocenters. The van der Waals surface area contributed by atoms with E-state index in [0.717, 1.165) is 11.3 Å². The minimum atomic E-state index is -0.438. The molecule has 6 nitrogen and oxygen atoms in total. The largest absolute Gasteiger partial charge is 0.461 e. The summed E-state index contributed by atoms with van der Waals surface area (Å²) in [6.07, 6.45) is 2.54. The van der Waals surface area contributed by atoms with Crippen molar-refractivity contribution in [3.63, 3.8) is 0 Å². The smallest absolute Gasteiger partial charge is 0.354 e. The van der Waals surface area contributed by atoms with E-state index in [0.29, 0.717) is 24.6 Å². The zero-order valence-corrected chi connectivity index (χ0v) is 13.6. The second-order valence-electron chi connectivity index (χ2n) is 5.19. The molecule has 23 heavy (non-hydrogen) atoms. The van der Waals surface area contributed by atoms with E-state index in [2.05, 4.69) is 16.4 Å². The number of carbonyl (C=O) groups excluding carboxylic acids is 2. The molecule has 0 radical (unpaired) electrons. The number of aromatic nitrogens is 1. The lowest BCUT2D eigenvalue weighted by Gasteiger charge is -2.22. The van der Waals surface area contributed by atoms with Crippen LogP contribution in [0.25, 0.3) is 0 Å². The minimum Gasteiger partial charge on any atom is -0.461 e. The number of carbonyl (C=O) groups is 2. The zero-order valence-electron chi connectivity index (χ0n) is 12.8. The van der Waals surface area contributed by atoms with Gasteiger partial charge in [-0.25, -0.2) is 4.79 Å². The Morgan fingerprint density at radius 2 is 2.39 bits per heavy atom. The van der Waals surface area contributed by atoms with E-state index in [-0.39, 0.29) is 18.4 Å².